The van der Waals surface area contributed by atoms with Crippen molar-refractivity contribution in [2.45, 2.75) is 20.5 Å². The smallest absolute Gasteiger partial charge is 0.255 e. The number of methoxy groups -OCH3 is 1. The summed E-state index contributed by atoms with van der Waals surface area (Å²) in [5.74, 6) is 1.56. The highest BCUT2D eigenvalue weighted by molar-refractivity contribution is 6.06. The molecule has 1 aromatic heterocycles. The van der Waals surface area contributed by atoms with Crippen LogP contribution in [0.25, 0.3) is 0 Å². The van der Waals surface area contributed by atoms with Crippen molar-refractivity contribution in [1.29, 1.82) is 0 Å². The number of hydrogen-bond donors (Lipinski definition) is 1. The van der Waals surface area contributed by atoms with Crippen molar-refractivity contribution in [3.63, 3.8) is 0 Å². The molecule has 1 amide bonds. The van der Waals surface area contributed by atoms with Gasteiger partial charge in [0, 0.05) is 31.7 Å². The van der Waals surface area contributed by atoms with E-state index in [1.165, 1.54) is 0 Å². The van der Waals surface area contributed by atoms with Crippen LogP contribution < -0.4 is 19.7 Å². The third-order valence-electron chi connectivity index (χ3n) is 5.98. The van der Waals surface area contributed by atoms with Crippen LogP contribution in [0, 0.1) is 13.8 Å². The first-order valence-electron chi connectivity index (χ1n) is 11.0. The first-order valence-corrected chi connectivity index (χ1v) is 11.0. The fraction of sp³-hybridized carbons (Fsp3) is 0.360. The van der Waals surface area contributed by atoms with Crippen molar-refractivity contribution in [1.82, 2.24) is 10.1 Å². The number of nitrogens with zero attached hydrogens (tertiary/aromatic N) is 3. The lowest BCUT2D eigenvalue weighted by atomic mass is 10.1. The molecule has 0 spiro atoms. The molecule has 1 fully saturated rings. The van der Waals surface area contributed by atoms with Gasteiger partial charge in [0.2, 0.25) is 0 Å². The molecule has 2 heterocycles. The fourth-order valence-electron chi connectivity index (χ4n) is 3.88. The van der Waals surface area contributed by atoms with Gasteiger partial charge in [-0.25, -0.2) is 0 Å². The number of likely N-dealkylation sites (N-methyl/N-ethyl adjacent to an activating group) is 1. The van der Waals surface area contributed by atoms with Crippen LogP contribution in [0.2, 0.25) is 0 Å². The van der Waals surface area contributed by atoms with Gasteiger partial charge in [0.25, 0.3) is 5.91 Å². The van der Waals surface area contributed by atoms with Gasteiger partial charge < -0.3 is 29.1 Å². The minimum absolute atomic E-state index is 0.202. The zero-order chi connectivity index (χ0) is 23.4. The predicted molar refractivity (Wildman–Crippen MR) is 127 cm³/mol. The van der Waals surface area contributed by atoms with Crippen LogP contribution in [-0.4, -0.2) is 56.3 Å². The fourth-order valence-corrected chi connectivity index (χ4v) is 3.88. The van der Waals surface area contributed by atoms with E-state index in [1.807, 2.05) is 38.1 Å². The monoisotopic (exact) mass is 450 g/mol. The summed E-state index contributed by atoms with van der Waals surface area (Å²) in [7, 11) is 3.68. The SMILES string of the molecule is COc1cc(C(=O)Nc2ccccc2N2CCN(C)CC2)ccc1OCc1c(C)noc1C. The van der Waals surface area contributed by atoms with E-state index < -0.39 is 0 Å². The Hall–Kier alpha value is -3.52. The number of benzene rings is 2. The van der Waals surface area contributed by atoms with Gasteiger partial charge in [0.15, 0.2) is 11.5 Å². The summed E-state index contributed by atoms with van der Waals surface area (Å²) >= 11 is 0. The summed E-state index contributed by atoms with van der Waals surface area (Å²) in [6.45, 7) is 7.87. The average Bonchev–Trinajstić information content (AvgIpc) is 3.15. The maximum Gasteiger partial charge on any atom is 0.255 e. The molecule has 0 bridgehead atoms. The van der Waals surface area contributed by atoms with Crippen molar-refractivity contribution < 1.29 is 18.8 Å². The summed E-state index contributed by atoms with van der Waals surface area (Å²) in [4.78, 5) is 17.7. The van der Waals surface area contributed by atoms with Crippen molar-refractivity contribution in [2.24, 2.45) is 0 Å². The number of rotatable bonds is 7. The Morgan fingerprint density at radius 1 is 1.09 bits per heavy atom. The van der Waals surface area contributed by atoms with Gasteiger partial charge in [-0.05, 0) is 51.2 Å². The minimum Gasteiger partial charge on any atom is -0.493 e. The standard InChI is InChI=1S/C25H30N4O4/c1-17-20(18(2)33-27-17)16-32-23-10-9-19(15-24(23)31-4)25(30)26-21-7-5-6-8-22(21)29-13-11-28(3)12-14-29/h5-10,15H,11-14,16H2,1-4H3,(H,26,30). The number of anilines is 2. The maximum absolute atomic E-state index is 13.1. The topological polar surface area (TPSA) is 80.1 Å². The van der Waals surface area contributed by atoms with E-state index in [4.69, 9.17) is 14.0 Å². The van der Waals surface area contributed by atoms with Gasteiger partial charge in [0.05, 0.1) is 29.7 Å². The molecule has 33 heavy (non-hydrogen) atoms. The van der Waals surface area contributed by atoms with Crippen LogP contribution in [-0.2, 0) is 6.61 Å². The Labute approximate surface area is 194 Å². The molecule has 4 rings (SSSR count). The summed E-state index contributed by atoms with van der Waals surface area (Å²) in [5.41, 5.74) is 4.01. The zero-order valence-electron chi connectivity index (χ0n) is 19.6. The Morgan fingerprint density at radius 3 is 2.55 bits per heavy atom. The van der Waals surface area contributed by atoms with Crippen LogP contribution in [0.3, 0.4) is 0 Å². The quantitative estimate of drug-likeness (QED) is 0.585. The minimum atomic E-state index is -0.202. The molecule has 0 saturated carbocycles. The second kappa shape index (κ2) is 9.95. The lowest BCUT2D eigenvalue weighted by molar-refractivity contribution is 0.102. The molecule has 2 aromatic carbocycles. The first kappa shape index (κ1) is 22.7. The van der Waals surface area contributed by atoms with E-state index in [-0.39, 0.29) is 5.91 Å². The van der Waals surface area contributed by atoms with Gasteiger partial charge in [-0.2, -0.15) is 0 Å². The second-order valence-corrected chi connectivity index (χ2v) is 8.22. The van der Waals surface area contributed by atoms with Crippen LogP contribution in [0.15, 0.2) is 47.0 Å². The number of piperazine rings is 1. The molecule has 0 atom stereocenters. The number of nitrogens with one attached hydrogen (secondary N) is 1. The summed E-state index contributed by atoms with van der Waals surface area (Å²) < 4.78 is 16.6. The Kier molecular flexibility index (Phi) is 6.84. The van der Waals surface area contributed by atoms with E-state index in [0.29, 0.717) is 23.7 Å². The van der Waals surface area contributed by atoms with Crippen molar-refractivity contribution in [3.8, 4) is 11.5 Å². The van der Waals surface area contributed by atoms with Crippen molar-refractivity contribution in [2.75, 3.05) is 50.6 Å². The predicted octanol–water partition coefficient (Wildman–Crippen LogP) is 3.88. The molecular weight excluding hydrogens is 420 g/mol. The van der Waals surface area contributed by atoms with Crippen LogP contribution in [0.1, 0.15) is 27.4 Å². The van der Waals surface area contributed by atoms with Crippen molar-refractivity contribution >= 4 is 17.3 Å². The molecule has 0 unspecified atom stereocenters. The molecule has 1 aliphatic heterocycles. The maximum atomic E-state index is 13.1. The van der Waals surface area contributed by atoms with Gasteiger partial charge in [-0.1, -0.05) is 17.3 Å². The summed E-state index contributed by atoms with van der Waals surface area (Å²) in [6, 6.07) is 13.1. The number of carbonyl (C=O) groups is 1. The highest BCUT2D eigenvalue weighted by Crippen LogP contribution is 2.31. The van der Waals surface area contributed by atoms with Crippen LogP contribution in [0.4, 0.5) is 11.4 Å². The highest BCUT2D eigenvalue weighted by atomic mass is 16.5. The van der Waals surface area contributed by atoms with Gasteiger partial charge in [-0.15, -0.1) is 0 Å². The number of aromatic nitrogens is 1. The number of para-hydroxylation sites is 2. The van der Waals surface area contributed by atoms with E-state index in [2.05, 4.69) is 27.3 Å². The molecule has 8 heteroatoms. The van der Waals surface area contributed by atoms with Gasteiger partial charge >= 0.3 is 0 Å². The van der Waals surface area contributed by atoms with E-state index in [9.17, 15) is 4.79 Å². The Bertz CT molecular complexity index is 1100. The average molecular weight is 451 g/mol. The lowest BCUT2D eigenvalue weighted by Gasteiger charge is -2.35. The summed E-state index contributed by atoms with van der Waals surface area (Å²) in [6.07, 6.45) is 0. The third kappa shape index (κ3) is 5.12. The molecule has 174 valence electrons. The summed E-state index contributed by atoms with van der Waals surface area (Å²) in [5, 5.41) is 7.01. The van der Waals surface area contributed by atoms with Crippen LogP contribution >= 0.6 is 0 Å². The Morgan fingerprint density at radius 2 is 1.85 bits per heavy atom. The number of hydrogen-bond acceptors (Lipinski definition) is 7. The van der Waals surface area contributed by atoms with Gasteiger partial charge in [-0.3, -0.25) is 4.79 Å². The normalized spacial score (nSPS) is 14.2. The molecule has 1 N–H and O–H groups in total. The zero-order valence-corrected chi connectivity index (χ0v) is 19.6. The van der Waals surface area contributed by atoms with Gasteiger partial charge in [0.1, 0.15) is 12.4 Å². The van der Waals surface area contributed by atoms with E-state index >= 15 is 0 Å². The first-order chi connectivity index (χ1) is 16.0. The van der Waals surface area contributed by atoms with Crippen molar-refractivity contribution in [3.05, 3.63) is 65.0 Å². The number of amides is 1. The van der Waals surface area contributed by atoms with E-state index in [0.717, 1.165) is 54.6 Å². The number of aryl methyl sites for hydroxylation is 2. The lowest BCUT2D eigenvalue weighted by Crippen LogP contribution is -2.44. The third-order valence-corrected chi connectivity index (χ3v) is 5.98. The van der Waals surface area contributed by atoms with Crippen LogP contribution in [0.5, 0.6) is 11.5 Å². The molecular formula is C25H30N4O4. The molecule has 1 aliphatic rings. The number of carbonyl (C=O) groups excluding carboxylic acids is 1. The molecule has 0 aliphatic carbocycles. The molecule has 0 radical (unpaired) electrons. The Balaban J connectivity index is 1.48. The number of ether oxygens (including phenoxy) is 2. The second-order valence-electron chi connectivity index (χ2n) is 8.22. The largest absolute Gasteiger partial charge is 0.493 e. The molecule has 8 nitrogen and oxygen atoms in total. The van der Waals surface area contributed by atoms with E-state index in [1.54, 1.807) is 25.3 Å². The molecule has 1 saturated heterocycles. The molecule has 3 aromatic rings. The highest BCUT2D eigenvalue weighted by Gasteiger charge is 2.19.